The van der Waals surface area contributed by atoms with Gasteiger partial charge in [-0.25, -0.2) is 0 Å². The fourth-order valence-corrected chi connectivity index (χ4v) is 1.58. The minimum atomic E-state index is -0.388. The van der Waals surface area contributed by atoms with Gasteiger partial charge < -0.3 is 0 Å². The topological polar surface area (TPSA) is 17.1 Å². The third kappa shape index (κ3) is 3.65. The van der Waals surface area contributed by atoms with Crippen molar-refractivity contribution in [2.45, 2.75) is 12.8 Å². The van der Waals surface area contributed by atoms with Crippen LogP contribution in [0, 0.1) is 0 Å². The van der Waals surface area contributed by atoms with Gasteiger partial charge in [0, 0.05) is 5.56 Å². The lowest BCUT2D eigenvalue weighted by atomic mass is 10.1. The Morgan fingerprint density at radius 3 is 2.38 bits per heavy atom. The summed E-state index contributed by atoms with van der Waals surface area (Å²) < 4.78 is 1.16. The van der Waals surface area contributed by atoms with Gasteiger partial charge in [-0.3, -0.25) is 4.79 Å². The highest BCUT2D eigenvalue weighted by atomic mass is 127. The standard InChI is InChI=1S/C10H10ClIO/c11-10(13)9-5-3-8(4-6-9)2-1-7-12/h3-6H,1-2,7H2. The van der Waals surface area contributed by atoms with Gasteiger partial charge in [-0.15, -0.1) is 0 Å². The fourth-order valence-electron chi connectivity index (χ4n) is 1.07. The fraction of sp³-hybridized carbons (Fsp3) is 0.300. The Labute approximate surface area is 96.6 Å². The lowest BCUT2D eigenvalue weighted by Gasteiger charge is -1.99. The highest BCUT2D eigenvalue weighted by Gasteiger charge is 2.00. The number of hydrogen-bond donors (Lipinski definition) is 0. The molecule has 0 aromatic heterocycles. The second-order valence-corrected chi connectivity index (χ2v) is 4.19. The molecule has 3 heteroatoms. The van der Waals surface area contributed by atoms with E-state index in [1.54, 1.807) is 12.1 Å². The van der Waals surface area contributed by atoms with Gasteiger partial charge in [-0.05, 0) is 46.6 Å². The van der Waals surface area contributed by atoms with Crippen molar-refractivity contribution in [3.05, 3.63) is 35.4 Å². The van der Waals surface area contributed by atoms with Gasteiger partial charge in [0.15, 0.2) is 0 Å². The molecule has 1 aromatic carbocycles. The molecule has 0 radical (unpaired) electrons. The summed E-state index contributed by atoms with van der Waals surface area (Å²) in [7, 11) is 0. The third-order valence-electron chi connectivity index (χ3n) is 1.78. The normalized spacial score (nSPS) is 10.0. The quantitative estimate of drug-likeness (QED) is 0.473. The van der Waals surface area contributed by atoms with E-state index in [4.69, 9.17) is 11.6 Å². The predicted molar refractivity (Wildman–Crippen MR) is 63.8 cm³/mol. The van der Waals surface area contributed by atoms with Crippen LogP contribution in [0.1, 0.15) is 22.3 Å². The van der Waals surface area contributed by atoms with E-state index in [1.165, 1.54) is 12.0 Å². The Morgan fingerprint density at radius 2 is 1.92 bits per heavy atom. The number of halogens is 2. The van der Waals surface area contributed by atoms with Crippen LogP contribution in [0.5, 0.6) is 0 Å². The summed E-state index contributed by atoms with van der Waals surface area (Å²) in [5.74, 6) is 0. The van der Waals surface area contributed by atoms with Gasteiger partial charge in [0.25, 0.3) is 5.24 Å². The number of carbonyl (C=O) groups excluding carboxylic acids is 1. The van der Waals surface area contributed by atoms with E-state index in [2.05, 4.69) is 22.6 Å². The number of carbonyl (C=O) groups is 1. The Bertz CT molecular complexity index is 281. The molecule has 1 nitrogen and oxygen atoms in total. The van der Waals surface area contributed by atoms with Crippen molar-refractivity contribution in [3.63, 3.8) is 0 Å². The second-order valence-electron chi connectivity index (χ2n) is 2.76. The van der Waals surface area contributed by atoms with Gasteiger partial charge in [0.1, 0.15) is 0 Å². The smallest absolute Gasteiger partial charge is 0.252 e. The van der Waals surface area contributed by atoms with Crippen molar-refractivity contribution < 1.29 is 4.79 Å². The van der Waals surface area contributed by atoms with Crippen LogP contribution in [-0.2, 0) is 6.42 Å². The Hall–Kier alpha value is -0.0900. The van der Waals surface area contributed by atoms with Crippen molar-refractivity contribution in [3.8, 4) is 0 Å². The summed E-state index contributed by atoms with van der Waals surface area (Å²) in [6.45, 7) is 0. The van der Waals surface area contributed by atoms with Gasteiger partial charge in [0.2, 0.25) is 0 Å². The van der Waals surface area contributed by atoms with E-state index in [-0.39, 0.29) is 5.24 Å². The van der Waals surface area contributed by atoms with E-state index >= 15 is 0 Å². The van der Waals surface area contributed by atoms with Gasteiger partial charge in [-0.2, -0.15) is 0 Å². The SMILES string of the molecule is O=C(Cl)c1ccc(CCCI)cc1. The lowest BCUT2D eigenvalue weighted by molar-refractivity contribution is 0.108. The molecule has 0 unspecified atom stereocenters. The van der Waals surface area contributed by atoms with E-state index in [9.17, 15) is 4.79 Å². The van der Waals surface area contributed by atoms with Crippen LogP contribution in [-0.4, -0.2) is 9.67 Å². The van der Waals surface area contributed by atoms with Gasteiger partial charge >= 0.3 is 0 Å². The first-order valence-corrected chi connectivity index (χ1v) is 5.99. The minimum absolute atomic E-state index is 0.388. The van der Waals surface area contributed by atoms with Crippen molar-refractivity contribution in [1.29, 1.82) is 0 Å². The molecule has 1 aromatic rings. The van der Waals surface area contributed by atoms with Crippen LogP contribution in [0.2, 0.25) is 0 Å². The van der Waals surface area contributed by atoms with E-state index in [1.807, 2.05) is 12.1 Å². The third-order valence-corrected chi connectivity index (χ3v) is 2.76. The molecule has 1 rings (SSSR count). The van der Waals surface area contributed by atoms with Crippen LogP contribution < -0.4 is 0 Å². The van der Waals surface area contributed by atoms with Crippen LogP contribution in [0.4, 0.5) is 0 Å². The molecule has 0 bridgehead atoms. The molecule has 0 N–H and O–H groups in total. The zero-order valence-corrected chi connectivity index (χ0v) is 10.0. The van der Waals surface area contributed by atoms with Crippen molar-refractivity contribution in [2.75, 3.05) is 4.43 Å². The molecule has 13 heavy (non-hydrogen) atoms. The molecule has 70 valence electrons. The number of rotatable bonds is 4. The molecular formula is C10H10ClIO. The maximum absolute atomic E-state index is 10.7. The average molecular weight is 309 g/mol. The molecule has 0 atom stereocenters. The molecule has 0 aliphatic carbocycles. The monoisotopic (exact) mass is 308 g/mol. The van der Waals surface area contributed by atoms with Crippen LogP contribution in [0.25, 0.3) is 0 Å². The van der Waals surface area contributed by atoms with E-state index < -0.39 is 0 Å². The lowest BCUT2D eigenvalue weighted by Crippen LogP contribution is -1.90. The Balaban J connectivity index is 2.64. The van der Waals surface area contributed by atoms with Crippen molar-refractivity contribution >= 4 is 39.4 Å². The number of hydrogen-bond acceptors (Lipinski definition) is 1. The molecule has 0 aliphatic rings. The maximum atomic E-state index is 10.7. The Morgan fingerprint density at radius 1 is 1.31 bits per heavy atom. The van der Waals surface area contributed by atoms with Crippen LogP contribution in [0.3, 0.4) is 0 Å². The van der Waals surface area contributed by atoms with Crippen LogP contribution >= 0.6 is 34.2 Å². The molecule has 0 saturated carbocycles. The molecule has 0 fully saturated rings. The number of alkyl halides is 1. The molecule has 0 saturated heterocycles. The first-order chi connectivity index (χ1) is 6.24. The average Bonchev–Trinajstić information content (AvgIpc) is 2.15. The zero-order valence-electron chi connectivity index (χ0n) is 7.09. The number of benzene rings is 1. The summed E-state index contributed by atoms with van der Waals surface area (Å²) >= 11 is 7.68. The molecule has 0 heterocycles. The summed E-state index contributed by atoms with van der Waals surface area (Å²) in [5, 5.41) is -0.388. The number of aryl methyl sites for hydroxylation is 1. The predicted octanol–water partition coefficient (Wildman–Crippen LogP) is 3.43. The van der Waals surface area contributed by atoms with E-state index in [0.29, 0.717) is 5.56 Å². The van der Waals surface area contributed by atoms with Crippen molar-refractivity contribution in [2.24, 2.45) is 0 Å². The Kier molecular flexibility index (Phi) is 4.73. The van der Waals surface area contributed by atoms with Gasteiger partial charge in [-0.1, -0.05) is 34.7 Å². The summed E-state index contributed by atoms with van der Waals surface area (Å²) in [5.41, 5.74) is 1.83. The minimum Gasteiger partial charge on any atom is -0.276 e. The van der Waals surface area contributed by atoms with Crippen LogP contribution in [0.15, 0.2) is 24.3 Å². The molecular weight excluding hydrogens is 298 g/mol. The molecule has 0 amide bonds. The highest BCUT2D eigenvalue weighted by molar-refractivity contribution is 14.1. The first-order valence-electron chi connectivity index (χ1n) is 4.09. The highest BCUT2D eigenvalue weighted by Crippen LogP contribution is 2.09. The largest absolute Gasteiger partial charge is 0.276 e. The summed E-state index contributed by atoms with van der Waals surface area (Å²) in [4.78, 5) is 10.7. The van der Waals surface area contributed by atoms with Gasteiger partial charge in [0.05, 0.1) is 0 Å². The molecule has 0 aliphatic heterocycles. The summed E-state index contributed by atoms with van der Waals surface area (Å²) in [6.07, 6.45) is 2.24. The summed E-state index contributed by atoms with van der Waals surface area (Å²) in [6, 6.07) is 7.47. The van der Waals surface area contributed by atoms with E-state index in [0.717, 1.165) is 10.8 Å². The first kappa shape index (κ1) is 11.0. The zero-order chi connectivity index (χ0) is 9.68. The molecule has 0 spiro atoms. The maximum Gasteiger partial charge on any atom is 0.252 e. The second kappa shape index (κ2) is 5.60. The van der Waals surface area contributed by atoms with Crippen molar-refractivity contribution in [1.82, 2.24) is 0 Å².